The zero-order chi connectivity index (χ0) is 18.0. The fourth-order valence-electron chi connectivity index (χ4n) is 2.92. The highest BCUT2D eigenvalue weighted by molar-refractivity contribution is 7.78. The van der Waals surface area contributed by atoms with Crippen LogP contribution in [0.3, 0.4) is 0 Å². The van der Waals surface area contributed by atoms with Gasteiger partial charge in [-0.15, -0.1) is 0 Å². The third-order valence-corrected chi connectivity index (χ3v) is 4.73. The smallest absolute Gasteiger partial charge is 0.127 e. The summed E-state index contributed by atoms with van der Waals surface area (Å²) in [4.78, 5) is 4.63. The molecule has 2 atom stereocenters. The molecule has 0 aliphatic rings. The third-order valence-electron chi connectivity index (χ3n) is 4.18. The summed E-state index contributed by atoms with van der Waals surface area (Å²) in [7, 11) is 0. The largest absolute Gasteiger partial charge is 0.772 e. The summed E-state index contributed by atoms with van der Waals surface area (Å²) < 4.78 is 37.6. The molecule has 1 heterocycles. The summed E-state index contributed by atoms with van der Waals surface area (Å²) in [6.45, 7) is 2.42. The summed E-state index contributed by atoms with van der Waals surface area (Å²) in [5.41, 5.74) is 9.26. The van der Waals surface area contributed by atoms with Gasteiger partial charge in [-0.1, -0.05) is 42.3 Å². The molecule has 3 aromatic rings. The Morgan fingerprint density at radius 1 is 1.28 bits per heavy atom. The molecule has 1 aromatic heterocycles. The van der Waals surface area contributed by atoms with Crippen molar-refractivity contribution in [2.24, 2.45) is 5.73 Å². The Balaban J connectivity index is 2.17. The van der Waals surface area contributed by atoms with Crippen LogP contribution in [-0.2, 0) is 23.4 Å². The number of halogens is 1. The van der Waals surface area contributed by atoms with Gasteiger partial charge in [-0.2, -0.15) is 0 Å². The molecule has 0 aliphatic carbocycles. The molecule has 0 saturated carbocycles. The third kappa shape index (κ3) is 3.78. The van der Waals surface area contributed by atoms with Crippen molar-refractivity contribution in [3.8, 4) is 0 Å². The van der Waals surface area contributed by atoms with Crippen molar-refractivity contribution in [2.75, 3.05) is 0 Å². The molecule has 5 nitrogen and oxygen atoms in total. The lowest BCUT2D eigenvalue weighted by Gasteiger charge is -2.15. The molecule has 0 radical (unpaired) electrons. The second-order valence-electron chi connectivity index (χ2n) is 5.93. The number of rotatable bonds is 6. The summed E-state index contributed by atoms with van der Waals surface area (Å²) in [5, 5.41) is 0. The van der Waals surface area contributed by atoms with E-state index in [0.717, 1.165) is 11.1 Å². The molecule has 132 valence electrons. The van der Waals surface area contributed by atoms with E-state index >= 15 is 0 Å². The first-order valence-corrected chi connectivity index (χ1v) is 9.28. The quantitative estimate of drug-likeness (QED) is 0.685. The fourth-order valence-corrected chi connectivity index (χ4v) is 3.41. The highest BCUT2D eigenvalue weighted by atomic mass is 32.2. The Kier molecular flexibility index (Phi) is 5.27. The van der Waals surface area contributed by atoms with Crippen molar-refractivity contribution in [3.05, 3.63) is 65.2 Å². The van der Waals surface area contributed by atoms with E-state index in [1.165, 1.54) is 12.1 Å². The summed E-state index contributed by atoms with van der Waals surface area (Å²) >= 11 is -2.21. The lowest BCUT2D eigenvalue weighted by Crippen LogP contribution is -2.17. The first-order chi connectivity index (χ1) is 12.0. The van der Waals surface area contributed by atoms with E-state index in [9.17, 15) is 13.2 Å². The van der Waals surface area contributed by atoms with Gasteiger partial charge in [0.05, 0.1) is 17.1 Å². The SMILES string of the molecule is CC[C@H](N)c1nc2cccc(CS(=O)[O-])c2n1Cc1ccc(F)cc1. The predicted molar refractivity (Wildman–Crippen MR) is 95.1 cm³/mol. The number of benzene rings is 2. The van der Waals surface area contributed by atoms with Crippen LogP contribution in [0.4, 0.5) is 4.39 Å². The van der Waals surface area contributed by atoms with Gasteiger partial charge in [0.15, 0.2) is 0 Å². The van der Waals surface area contributed by atoms with E-state index < -0.39 is 11.1 Å². The van der Waals surface area contributed by atoms with Crippen LogP contribution >= 0.6 is 0 Å². The molecular weight excluding hydrogens is 341 g/mol. The number of nitrogens with two attached hydrogens (primary N) is 1. The number of hydrogen-bond donors (Lipinski definition) is 1. The molecular formula is C18H19FN3O2S-. The second kappa shape index (κ2) is 7.43. The first kappa shape index (κ1) is 17.7. The van der Waals surface area contributed by atoms with Crippen LogP contribution < -0.4 is 5.73 Å². The first-order valence-electron chi connectivity index (χ1n) is 8.03. The number of fused-ring (bicyclic) bond motifs is 1. The maximum absolute atomic E-state index is 13.2. The van der Waals surface area contributed by atoms with Gasteiger partial charge in [0, 0.05) is 12.3 Å². The number of aromatic nitrogens is 2. The Morgan fingerprint density at radius 3 is 2.64 bits per heavy atom. The van der Waals surface area contributed by atoms with Crippen molar-refractivity contribution >= 4 is 22.1 Å². The number of imidazole rings is 1. The van der Waals surface area contributed by atoms with Gasteiger partial charge in [-0.05, 0) is 35.7 Å². The molecule has 0 spiro atoms. The van der Waals surface area contributed by atoms with E-state index in [2.05, 4.69) is 4.98 Å². The van der Waals surface area contributed by atoms with E-state index in [1.807, 2.05) is 17.6 Å². The van der Waals surface area contributed by atoms with Gasteiger partial charge in [0.2, 0.25) is 0 Å². The van der Waals surface area contributed by atoms with E-state index in [-0.39, 0.29) is 17.6 Å². The molecule has 0 bridgehead atoms. The number of hydrogen-bond acceptors (Lipinski definition) is 4. The zero-order valence-corrected chi connectivity index (χ0v) is 14.6. The Hall–Kier alpha value is -2.09. The van der Waals surface area contributed by atoms with Crippen molar-refractivity contribution in [3.63, 3.8) is 0 Å². The topological polar surface area (TPSA) is 84.0 Å². The van der Waals surface area contributed by atoms with E-state index in [0.29, 0.717) is 29.9 Å². The molecule has 1 unspecified atom stereocenters. The van der Waals surface area contributed by atoms with Crippen molar-refractivity contribution in [2.45, 2.75) is 31.7 Å². The fraction of sp³-hybridized carbons (Fsp3) is 0.278. The van der Waals surface area contributed by atoms with Gasteiger partial charge in [-0.3, -0.25) is 4.21 Å². The molecule has 0 amide bonds. The van der Waals surface area contributed by atoms with Crippen LogP contribution in [0.15, 0.2) is 42.5 Å². The minimum Gasteiger partial charge on any atom is -0.772 e. The van der Waals surface area contributed by atoms with Crippen LogP contribution in [0.25, 0.3) is 11.0 Å². The second-order valence-corrected chi connectivity index (χ2v) is 6.83. The van der Waals surface area contributed by atoms with Crippen molar-refractivity contribution in [1.82, 2.24) is 9.55 Å². The maximum Gasteiger partial charge on any atom is 0.127 e. The molecule has 0 aliphatic heterocycles. The molecule has 25 heavy (non-hydrogen) atoms. The Morgan fingerprint density at radius 2 is 2.00 bits per heavy atom. The van der Waals surface area contributed by atoms with Crippen LogP contribution in [0, 0.1) is 5.82 Å². The highest BCUT2D eigenvalue weighted by Crippen LogP contribution is 2.26. The average molecular weight is 360 g/mol. The van der Waals surface area contributed by atoms with E-state index in [1.54, 1.807) is 24.3 Å². The molecule has 2 aromatic carbocycles. The Bertz CT molecular complexity index is 909. The lowest BCUT2D eigenvalue weighted by molar-refractivity contribution is 0.536. The number of nitrogens with zero attached hydrogens (tertiary/aromatic N) is 2. The number of para-hydroxylation sites is 1. The molecule has 3 rings (SSSR count). The normalized spacial score (nSPS) is 13.9. The lowest BCUT2D eigenvalue weighted by atomic mass is 10.1. The monoisotopic (exact) mass is 360 g/mol. The maximum atomic E-state index is 13.2. The van der Waals surface area contributed by atoms with Gasteiger partial charge >= 0.3 is 0 Å². The van der Waals surface area contributed by atoms with Gasteiger partial charge < -0.3 is 14.9 Å². The molecule has 2 N–H and O–H groups in total. The standard InChI is InChI=1S/C18H20FN3O2S/c1-2-15(20)18-21-16-5-3-4-13(11-25(23)24)17(16)22(18)10-12-6-8-14(19)9-7-12/h3-9,15H,2,10-11,20H2,1H3,(H,23,24)/p-1/t15-/m0/s1. The predicted octanol–water partition coefficient (Wildman–Crippen LogP) is 3.01. The summed E-state index contributed by atoms with van der Waals surface area (Å²) in [5.74, 6) is 0.311. The van der Waals surface area contributed by atoms with E-state index in [4.69, 9.17) is 5.73 Å². The molecule has 0 fully saturated rings. The van der Waals surface area contributed by atoms with Gasteiger partial charge in [0.1, 0.15) is 11.6 Å². The van der Waals surface area contributed by atoms with Crippen LogP contribution in [0.2, 0.25) is 0 Å². The van der Waals surface area contributed by atoms with Gasteiger partial charge in [-0.25, -0.2) is 9.37 Å². The average Bonchev–Trinajstić information content (AvgIpc) is 2.95. The molecule has 0 saturated heterocycles. The summed E-state index contributed by atoms with van der Waals surface area (Å²) in [6.07, 6.45) is 0.704. The van der Waals surface area contributed by atoms with Crippen molar-refractivity contribution in [1.29, 1.82) is 0 Å². The van der Waals surface area contributed by atoms with Crippen LogP contribution in [0.5, 0.6) is 0 Å². The van der Waals surface area contributed by atoms with Gasteiger partial charge in [0.25, 0.3) is 0 Å². The van der Waals surface area contributed by atoms with Crippen molar-refractivity contribution < 1.29 is 13.2 Å². The zero-order valence-electron chi connectivity index (χ0n) is 13.8. The highest BCUT2D eigenvalue weighted by Gasteiger charge is 2.18. The Labute approximate surface area is 148 Å². The minimum absolute atomic E-state index is 0.0900. The minimum atomic E-state index is -2.21. The van der Waals surface area contributed by atoms with Crippen LogP contribution in [-0.4, -0.2) is 18.3 Å². The summed E-state index contributed by atoms with van der Waals surface area (Å²) in [6, 6.07) is 11.4. The molecule has 7 heteroatoms. The van der Waals surface area contributed by atoms with Crippen LogP contribution in [0.1, 0.15) is 36.3 Å².